The summed E-state index contributed by atoms with van der Waals surface area (Å²) < 4.78 is 0.970. The van der Waals surface area contributed by atoms with Gasteiger partial charge >= 0.3 is 5.97 Å². The van der Waals surface area contributed by atoms with Crippen molar-refractivity contribution >= 4 is 21.9 Å². The van der Waals surface area contributed by atoms with Crippen LogP contribution in [0.5, 0.6) is 0 Å². The molecule has 2 N–H and O–H groups in total. The zero-order valence-electron chi connectivity index (χ0n) is 9.14. The highest BCUT2D eigenvalue weighted by atomic mass is 79.9. The van der Waals surface area contributed by atoms with Gasteiger partial charge < -0.3 is 10.1 Å². The largest absolute Gasteiger partial charge is 0.481 e. The number of halogens is 1. The van der Waals surface area contributed by atoms with Gasteiger partial charge in [-0.3, -0.25) is 4.79 Å². The van der Waals surface area contributed by atoms with Gasteiger partial charge in [-0.2, -0.15) is 0 Å². The van der Waals surface area contributed by atoms with E-state index >= 15 is 0 Å². The fourth-order valence-electron chi connectivity index (χ4n) is 1.48. The summed E-state index contributed by atoms with van der Waals surface area (Å²) in [7, 11) is 0. The van der Waals surface area contributed by atoms with Gasteiger partial charge in [-0.1, -0.05) is 28.1 Å². The number of nitrogens with one attached hydrogen (secondary N) is 1. The minimum absolute atomic E-state index is 0.465. The molecule has 0 radical (unpaired) electrons. The lowest BCUT2D eigenvalue weighted by molar-refractivity contribution is -0.138. The molecule has 2 aromatic rings. The van der Waals surface area contributed by atoms with E-state index in [1.807, 2.05) is 24.3 Å². The third-order valence-corrected chi connectivity index (χ3v) is 3.00. The molecule has 0 saturated carbocycles. The molecule has 1 aromatic heterocycles. The number of hydrogen-bond donors (Lipinski definition) is 2. The van der Waals surface area contributed by atoms with Crippen LogP contribution < -0.4 is 0 Å². The van der Waals surface area contributed by atoms with Gasteiger partial charge in [0.15, 0.2) is 0 Å². The fraction of sp³-hybridized carbons (Fsp3) is 0.167. The van der Waals surface area contributed by atoms with E-state index in [1.165, 1.54) is 0 Å². The number of nitrogens with zero attached hydrogens (tertiary/aromatic N) is 1. The lowest BCUT2D eigenvalue weighted by atomic mass is 10.1. The maximum absolute atomic E-state index is 10.8. The zero-order valence-corrected chi connectivity index (χ0v) is 10.7. The third-order valence-electron chi connectivity index (χ3n) is 2.51. The number of H-pyrrole nitrogens is 1. The number of aromatic nitrogens is 2. The van der Waals surface area contributed by atoms with Crippen LogP contribution in [-0.2, 0) is 4.79 Å². The average Bonchev–Trinajstić information content (AvgIpc) is 2.77. The minimum atomic E-state index is -0.889. The monoisotopic (exact) mass is 294 g/mol. The van der Waals surface area contributed by atoms with Crippen LogP contribution in [0.4, 0.5) is 0 Å². The van der Waals surface area contributed by atoms with Gasteiger partial charge in [0.05, 0.1) is 11.9 Å². The highest BCUT2D eigenvalue weighted by Crippen LogP contribution is 2.23. The molecule has 1 aromatic carbocycles. The van der Waals surface area contributed by atoms with Crippen molar-refractivity contribution in [2.75, 3.05) is 0 Å². The SMILES string of the molecule is CC(C(=O)O)c1ncc(-c2cccc(Br)c2)[nH]1. The molecule has 17 heavy (non-hydrogen) atoms. The molecule has 0 spiro atoms. The van der Waals surface area contributed by atoms with Crippen molar-refractivity contribution in [3.8, 4) is 11.3 Å². The van der Waals surface area contributed by atoms with Crippen LogP contribution in [0.2, 0.25) is 0 Å². The summed E-state index contributed by atoms with van der Waals surface area (Å²) in [6.45, 7) is 1.60. The molecular weight excluding hydrogens is 284 g/mol. The van der Waals surface area contributed by atoms with Crippen molar-refractivity contribution < 1.29 is 9.90 Å². The molecule has 5 heteroatoms. The molecule has 0 amide bonds. The summed E-state index contributed by atoms with van der Waals surface area (Å²) in [6.07, 6.45) is 1.65. The van der Waals surface area contributed by atoms with Crippen molar-refractivity contribution in [1.82, 2.24) is 9.97 Å². The van der Waals surface area contributed by atoms with Gasteiger partial charge in [0.2, 0.25) is 0 Å². The molecule has 0 aliphatic rings. The molecule has 1 unspecified atom stereocenters. The van der Waals surface area contributed by atoms with Gasteiger partial charge in [-0.25, -0.2) is 4.98 Å². The Labute approximate surface area is 107 Å². The Morgan fingerprint density at radius 3 is 2.94 bits per heavy atom. The molecule has 1 atom stereocenters. The highest BCUT2D eigenvalue weighted by molar-refractivity contribution is 9.10. The molecule has 0 aliphatic heterocycles. The predicted molar refractivity (Wildman–Crippen MR) is 67.8 cm³/mol. The molecule has 0 aliphatic carbocycles. The Balaban J connectivity index is 2.33. The second kappa shape index (κ2) is 4.71. The molecule has 2 rings (SSSR count). The van der Waals surface area contributed by atoms with E-state index in [9.17, 15) is 4.79 Å². The standard InChI is InChI=1S/C12H11BrN2O2/c1-7(12(16)17)11-14-6-10(15-11)8-3-2-4-9(13)5-8/h2-7H,1H3,(H,14,15)(H,16,17). The predicted octanol–water partition coefficient (Wildman–Crippen LogP) is 3.03. The van der Waals surface area contributed by atoms with Crippen LogP contribution in [0.3, 0.4) is 0 Å². The van der Waals surface area contributed by atoms with Crippen LogP contribution in [0.25, 0.3) is 11.3 Å². The quantitative estimate of drug-likeness (QED) is 0.914. The van der Waals surface area contributed by atoms with E-state index in [-0.39, 0.29) is 0 Å². The Morgan fingerprint density at radius 2 is 2.29 bits per heavy atom. The number of aliphatic carboxylic acids is 1. The number of carboxylic acid groups (broad SMARTS) is 1. The highest BCUT2D eigenvalue weighted by Gasteiger charge is 2.17. The van der Waals surface area contributed by atoms with Gasteiger partial charge in [-0.05, 0) is 19.1 Å². The molecule has 0 saturated heterocycles. The van der Waals surface area contributed by atoms with Crippen molar-refractivity contribution in [2.24, 2.45) is 0 Å². The zero-order chi connectivity index (χ0) is 12.4. The summed E-state index contributed by atoms with van der Waals surface area (Å²) in [5, 5.41) is 8.89. The molecule has 0 bridgehead atoms. The first-order valence-electron chi connectivity index (χ1n) is 5.11. The smallest absolute Gasteiger partial charge is 0.313 e. The topological polar surface area (TPSA) is 66.0 Å². The number of carboxylic acids is 1. The molecule has 88 valence electrons. The van der Waals surface area contributed by atoms with E-state index < -0.39 is 11.9 Å². The average molecular weight is 295 g/mol. The Morgan fingerprint density at radius 1 is 1.53 bits per heavy atom. The van der Waals surface area contributed by atoms with E-state index in [2.05, 4.69) is 25.9 Å². The van der Waals surface area contributed by atoms with E-state index in [4.69, 9.17) is 5.11 Å². The first-order chi connectivity index (χ1) is 8.08. The van der Waals surface area contributed by atoms with E-state index in [1.54, 1.807) is 13.1 Å². The van der Waals surface area contributed by atoms with Crippen molar-refractivity contribution in [2.45, 2.75) is 12.8 Å². The number of hydrogen-bond acceptors (Lipinski definition) is 2. The first kappa shape index (κ1) is 11.9. The lowest BCUT2D eigenvalue weighted by Gasteiger charge is -2.01. The molecule has 4 nitrogen and oxygen atoms in total. The maximum Gasteiger partial charge on any atom is 0.313 e. The fourth-order valence-corrected chi connectivity index (χ4v) is 1.88. The van der Waals surface area contributed by atoms with Crippen LogP contribution in [-0.4, -0.2) is 21.0 Å². The number of imidazole rings is 1. The summed E-state index contributed by atoms with van der Waals surface area (Å²) in [5.74, 6) is -1.05. The minimum Gasteiger partial charge on any atom is -0.481 e. The van der Waals surface area contributed by atoms with Gasteiger partial charge in [0.25, 0.3) is 0 Å². The van der Waals surface area contributed by atoms with Gasteiger partial charge in [0, 0.05) is 10.0 Å². The van der Waals surface area contributed by atoms with Crippen LogP contribution in [0.1, 0.15) is 18.7 Å². The number of carbonyl (C=O) groups is 1. The van der Waals surface area contributed by atoms with E-state index in [0.29, 0.717) is 5.82 Å². The van der Waals surface area contributed by atoms with Gasteiger partial charge in [-0.15, -0.1) is 0 Å². The molecule has 0 fully saturated rings. The van der Waals surface area contributed by atoms with Crippen LogP contribution >= 0.6 is 15.9 Å². The Hall–Kier alpha value is -1.62. The second-order valence-corrected chi connectivity index (χ2v) is 4.67. The normalized spacial score (nSPS) is 12.4. The number of rotatable bonds is 3. The summed E-state index contributed by atoms with van der Waals surface area (Å²) >= 11 is 3.39. The van der Waals surface area contributed by atoms with Crippen LogP contribution in [0.15, 0.2) is 34.9 Å². The third kappa shape index (κ3) is 2.55. The van der Waals surface area contributed by atoms with E-state index in [0.717, 1.165) is 15.7 Å². The van der Waals surface area contributed by atoms with Crippen molar-refractivity contribution in [3.63, 3.8) is 0 Å². The summed E-state index contributed by atoms with van der Waals surface area (Å²) in [5.41, 5.74) is 1.78. The van der Waals surface area contributed by atoms with Gasteiger partial charge in [0.1, 0.15) is 11.7 Å². The van der Waals surface area contributed by atoms with Crippen molar-refractivity contribution in [1.29, 1.82) is 0 Å². The number of benzene rings is 1. The molecule has 1 heterocycles. The Kier molecular flexibility index (Phi) is 3.28. The second-order valence-electron chi connectivity index (χ2n) is 3.75. The molecular formula is C12H11BrN2O2. The first-order valence-corrected chi connectivity index (χ1v) is 5.91. The lowest BCUT2D eigenvalue weighted by Crippen LogP contribution is -2.08. The van der Waals surface area contributed by atoms with Crippen LogP contribution in [0, 0.1) is 0 Å². The van der Waals surface area contributed by atoms with Crippen molar-refractivity contribution in [3.05, 3.63) is 40.8 Å². The number of aromatic amines is 1. The summed E-state index contributed by atoms with van der Waals surface area (Å²) in [4.78, 5) is 17.9. The Bertz CT molecular complexity index is 551. The maximum atomic E-state index is 10.8. The summed E-state index contributed by atoms with van der Waals surface area (Å²) in [6, 6.07) is 7.73.